The number of hydrogen-bond acceptors (Lipinski definition) is 7. The Morgan fingerprint density at radius 2 is 1.55 bits per heavy atom. The standard InChI is InChI=1S/C22H33NO6S2/c1-30(25,26)16-11-22(12-17-31(2,27)28)20(10-15-23-13-6-3-7-14-23)29-19-9-5-4-8-18(19)21(22)24/h4-5,8-9,20H,3,6-7,10-17H2,1-2H3. The first kappa shape index (κ1) is 24.2. The van der Waals surface area contributed by atoms with E-state index in [4.69, 9.17) is 4.74 Å². The lowest BCUT2D eigenvalue weighted by atomic mass is 9.68. The van der Waals surface area contributed by atoms with E-state index in [0.29, 0.717) is 17.7 Å². The van der Waals surface area contributed by atoms with Crippen LogP contribution in [0.15, 0.2) is 24.3 Å². The summed E-state index contributed by atoms with van der Waals surface area (Å²) in [5, 5.41) is 0. The van der Waals surface area contributed by atoms with Crippen molar-refractivity contribution in [2.75, 3.05) is 43.7 Å². The summed E-state index contributed by atoms with van der Waals surface area (Å²) >= 11 is 0. The van der Waals surface area contributed by atoms with E-state index in [1.165, 1.54) is 6.42 Å². The maximum absolute atomic E-state index is 13.8. The van der Waals surface area contributed by atoms with Gasteiger partial charge in [0.25, 0.3) is 0 Å². The molecule has 0 amide bonds. The number of hydrogen-bond donors (Lipinski definition) is 0. The van der Waals surface area contributed by atoms with Crippen molar-refractivity contribution in [1.29, 1.82) is 0 Å². The number of sulfone groups is 2. The molecule has 2 aliphatic rings. The number of rotatable bonds is 9. The Morgan fingerprint density at radius 3 is 2.13 bits per heavy atom. The van der Waals surface area contributed by atoms with E-state index in [2.05, 4.69) is 4.90 Å². The first-order valence-corrected chi connectivity index (χ1v) is 15.0. The molecular weight excluding hydrogens is 438 g/mol. The van der Waals surface area contributed by atoms with Crippen LogP contribution >= 0.6 is 0 Å². The van der Waals surface area contributed by atoms with Crippen molar-refractivity contribution in [3.8, 4) is 5.75 Å². The quantitative estimate of drug-likeness (QED) is 0.545. The smallest absolute Gasteiger partial charge is 0.176 e. The van der Waals surface area contributed by atoms with E-state index in [1.54, 1.807) is 24.3 Å². The molecule has 9 heteroatoms. The second-order valence-electron chi connectivity index (χ2n) is 9.04. The van der Waals surface area contributed by atoms with Crippen LogP contribution in [0.2, 0.25) is 0 Å². The minimum atomic E-state index is -3.34. The van der Waals surface area contributed by atoms with Crippen LogP contribution in [-0.4, -0.2) is 77.3 Å². The first-order valence-electron chi connectivity index (χ1n) is 10.9. The Hall–Kier alpha value is -1.45. The van der Waals surface area contributed by atoms with Gasteiger partial charge < -0.3 is 9.64 Å². The van der Waals surface area contributed by atoms with E-state index in [1.807, 2.05) is 0 Å². The number of carbonyl (C=O) groups is 1. The number of ether oxygens (including phenoxy) is 1. The number of fused-ring (bicyclic) bond motifs is 1. The van der Waals surface area contributed by atoms with Crippen LogP contribution in [0.5, 0.6) is 5.75 Å². The molecule has 1 aromatic carbocycles. The third kappa shape index (κ3) is 6.29. The minimum Gasteiger partial charge on any atom is -0.489 e. The number of likely N-dealkylation sites (tertiary alicyclic amines) is 1. The molecule has 1 atom stereocenters. The minimum absolute atomic E-state index is 0.0547. The predicted molar refractivity (Wildman–Crippen MR) is 121 cm³/mol. The monoisotopic (exact) mass is 471 g/mol. The Labute approximate surface area is 186 Å². The number of benzene rings is 1. The fraction of sp³-hybridized carbons (Fsp3) is 0.682. The maximum atomic E-state index is 13.8. The summed E-state index contributed by atoms with van der Waals surface area (Å²) in [6.07, 6.45) is 5.87. The fourth-order valence-corrected chi connectivity index (χ4v) is 6.13. The Bertz CT molecular complexity index is 961. The van der Waals surface area contributed by atoms with Crippen LogP contribution in [0.3, 0.4) is 0 Å². The number of carbonyl (C=O) groups excluding carboxylic acids is 1. The molecule has 0 radical (unpaired) electrons. The highest BCUT2D eigenvalue weighted by molar-refractivity contribution is 7.90. The van der Waals surface area contributed by atoms with Crippen LogP contribution in [0.1, 0.15) is 48.9 Å². The van der Waals surface area contributed by atoms with Gasteiger partial charge in [-0.3, -0.25) is 4.79 Å². The predicted octanol–water partition coefficient (Wildman–Crippen LogP) is 2.36. The van der Waals surface area contributed by atoms with Gasteiger partial charge >= 0.3 is 0 Å². The molecule has 174 valence electrons. The highest BCUT2D eigenvalue weighted by Crippen LogP contribution is 2.45. The number of nitrogens with zero attached hydrogens (tertiary/aromatic N) is 1. The molecule has 1 aromatic rings. The fourth-order valence-electron chi connectivity index (χ4n) is 4.66. The maximum Gasteiger partial charge on any atom is 0.176 e. The second kappa shape index (κ2) is 9.58. The summed E-state index contributed by atoms with van der Waals surface area (Å²) in [5.41, 5.74) is -0.783. The van der Waals surface area contributed by atoms with Crippen LogP contribution in [0.4, 0.5) is 0 Å². The summed E-state index contributed by atoms with van der Waals surface area (Å²) in [7, 11) is -6.69. The van der Waals surface area contributed by atoms with Crippen molar-refractivity contribution < 1.29 is 26.4 Å². The van der Waals surface area contributed by atoms with Crippen LogP contribution < -0.4 is 4.74 Å². The van der Waals surface area contributed by atoms with Crippen molar-refractivity contribution in [2.45, 2.75) is 44.6 Å². The average Bonchev–Trinajstić information content (AvgIpc) is 2.71. The molecule has 0 aromatic heterocycles. The van der Waals surface area contributed by atoms with Gasteiger partial charge in [-0.25, -0.2) is 16.8 Å². The van der Waals surface area contributed by atoms with Gasteiger partial charge in [0.1, 0.15) is 31.5 Å². The molecule has 1 fully saturated rings. The van der Waals surface area contributed by atoms with Crippen molar-refractivity contribution >= 4 is 25.5 Å². The van der Waals surface area contributed by atoms with Crippen LogP contribution in [-0.2, 0) is 19.7 Å². The number of Topliss-reactive ketones (excluding diaryl/α,β-unsaturated/α-hetero) is 1. The number of para-hydroxylation sites is 1. The molecule has 0 saturated carbocycles. The van der Waals surface area contributed by atoms with E-state index >= 15 is 0 Å². The molecule has 2 aliphatic heterocycles. The Balaban J connectivity index is 1.96. The third-order valence-corrected chi connectivity index (χ3v) is 8.35. The van der Waals surface area contributed by atoms with E-state index in [0.717, 1.165) is 45.0 Å². The summed E-state index contributed by atoms with van der Waals surface area (Å²) < 4.78 is 54.3. The molecular formula is C22H33NO6S2. The number of piperidine rings is 1. The summed E-state index contributed by atoms with van der Waals surface area (Å²) in [6.45, 7) is 2.73. The zero-order valence-electron chi connectivity index (χ0n) is 18.4. The van der Waals surface area contributed by atoms with Crippen molar-refractivity contribution in [3.63, 3.8) is 0 Å². The Morgan fingerprint density at radius 1 is 0.968 bits per heavy atom. The molecule has 1 saturated heterocycles. The lowest BCUT2D eigenvalue weighted by Gasteiger charge is -2.44. The molecule has 0 N–H and O–H groups in total. The van der Waals surface area contributed by atoms with Gasteiger partial charge in [-0.1, -0.05) is 18.6 Å². The largest absolute Gasteiger partial charge is 0.489 e. The summed E-state index contributed by atoms with van der Waals surface area (Å²) in [4.78, 5) is 16.1. The van der Waals surface area contributed by atoms with Crippen LogP contribution in [0.25, 0.3) is 0 Å². The van der Waals surface area contributed by atoms with E-state index < -0.39 is 31.2 Å². The van der Waals surface area contributed by atoms with E-state index in [-0.39, 0.29) is 30.1 Å². The molecule has 31 heavy (non-hydrogen) atoms. The molecule has 7 nitrogen and oxygen atoms in total. The highest BCUT2D eigenvalue weighted by Gasteiger charge is 2.51. The SMILES string of the molecule is CS(=O)(=O)CCC1(CCS(C)(=O)=O)C(=O)c2ccccc2OC1CCN1CCCCC1. The molecule has 0 bridgehead atoms. The Kier molecular flexibility index (Phi) is 7.48. The second-order valence-corrected chi connectivity index (χ2v) is 13.6. The lowest BCUT2D eigenvalue weighted by molar-refractivity contribution is 0.0134. The van der Waals surface area contributed by atoms with Gasteiger partial charge in [0, 0.05) is 19.1 Å². The van der Waals surface area contributed by atoms with Gasteiger partial charge in [-0.2, -0.15) is 0 Å². The molecule has 0 aliphatic carbocycles. The zero-order valence-corrected chi connectivity index (χ0v) is 20.0. The van der Waals surface area contributed by atoms with Gasteiger partial charge in [0.15, 0.2) is 5.78 Å². The average molecular weight is 472 g/mol. The molecule has 3 rings (SSSR count). The zero-order chi connectivity index (χ0) is 22.7. The third-order valence-electron chi connectivity index (χ3n) is 6.46. The van der Waals surface area contributed by atoms with Gasteiger partial charge in [0.05, 0.1) is 22.5 Å². The molecule has 1 unspecified atom stereocenters. The van der Waals surface area contributed by atoms with Crippen LogP contribution in [0, 0.1) is 5.41 Å². The lowest BCUT2D eigenvalue weighted by Crippen LogP contribution is -2.52. The van der Waals surface area contributed by atoms with Crippen molar-refractivity contribution in [1.82, 2.24) is 4.90 Å². The van der Waals surface area contributed by atoms with Gasteiger partial charge in [0.2, 0.25) is 0 Å². The van der Waals surface area contributed by atoms with Gasteiger partial charge in [-0.15, -0.1) is 0 Å². The first-order chi connectivity index (χ1) is 14.5. The number of ketones is 1. The highest BCUT2D eigenvalue weighted by atomic mass is 32.2. The summed E-state index contributed by atoms with van der Waals surface area (Å²) in [5.74, 6) is -0.0848. The van der Waals surface area contributed by atoms with E-state index in [9.17, 15) is 21.6 Å². The topological polar surface area (TPSA) is 97.8 Å². The van der Waals surface area contributed by atoms with Crippen molar-refractivity contribution in [3.05, 3.63) is 29.8 Å². The molecule has 0 spiro atoms. The van der Waals surface area contributed by atoms with Crippen molar-refractivity contribution in [2.24, 2.45) is 5.41 Å². The van der Waals surface area contributed by atoms with Gasteiger partial charge in [-0.05, 0) is 57.3 Å². The summed E-state index contributed by atoms with van der Waals surface area (Å²) in [6, 6.07) is 6.96. The molecule has 2 heterocycles. The normalized spacial score (nSPS) is 22.0.